The van der Waals surface area contributed by atoms with Crippen LogP contribution in [0.4, 0.5) is 5.69 Å². The number of benzene rings is 2. The number of hydrogen-bond acceptors (Lipinski definition) is 5. The van der Waals surface area contributed by atoms with Crippen molar-refractivity contribution < 1.29 is 4.79 Å². The van der Waals surface area contributed by atoms with E-state index in [1.165, 1.54) is 11.8 Å². The Bertz CT molecular complexity index is 1350. The zero-order valence-corrected chi connectivity index (χ0v) is 18.5. The van der Waals surface area contributed by atoms with Gasteiger partial charge in [-0.1, -0.05) is 53.2 Å². The Morgan fingerprint density at radius 2 is 1.94 bits per heavy atom. The molecule has 8 heteroatoms. The van der Waals surface area contributed by atoms with Crippen LogP contribution in [0.1, 0.15) is 11.1 Å². The number of nitrogens with zero attached hydrogens (tertiary/aromatic N) is 3. The van der Waals surface area contributed by atoms with Crippen molar-refractivity contribution in [2.75, 3.05) is 11.1 Å². The average molecular weight is 451 g/mol. The summed E-state index contributed by atoms with van der Waals surface area (Å²) in [5.74, 6) is -0.213. The molecule has 0 saturated heterocycles. The number of amides is 1. The molecule has 4 aromatic rings. The molecular formula is C23H19ClN4O2S. The topological polar surface area (TPSA) is 76.9 Å². The van der Waals surface area contributed by atoms with Crippen LogP contribution in [0, 0.1) is 13.8 Å². The molecule has 0 saturated carbocycles. The van der Waals surface area contributed by atoms with E-state index in [0.29, 0.717) is 21.7 Å². The van der Waals surface area contributed by atoms with E-state index in [4.69, 9.17) is 11.6 Å². The number of para-hydroxylation sites is 1. The number of thioether (sulfide) groups is 1. The van der Waals surface area contributed by atoms with E-state index in [-0.39, 0.29) is 22.4 Å². The summed E-state index contributed by atoms with van der Waals surface area (Å²) < 4.78 is 1.58. The molecule has 0 fully saturated rings. The van der Waals surface area contributed by atoms with Gasteiger partial charge >= 0.3 is 0 Å². The number of aromatic nitrogens is 3. The van der Waals surface area contributed by atoms with Crippen LogP contribution >= 0.6 is 23.4 Å². The fourth-order valence-corrected chi connectivity index (χ4v) is 4.25. The van der Waals surface area contributed by atoms with E-state index >= 15 is 0 Å². The fraction of sp³-hybridized carbons (Fsp3) is 0.130. The zero-order chi connectivity index (χ0) is 22.0. The highest BCUT2D eigenvalue weighted by atomic mass is 35.5. The third-order valence-electron chi connectivity index (χ3n) is 4.70. The lowest BCUT2D eigenvalue weighted by Gasteiger charge is -2.15. The van der Waals surface area contributed by atoms with Crippen molar-refractivity contribution in [1.29, 1.82) is 0 Å². The molecule has 2 aromatic carbocycles. The van der Waals surface area contributed by atoms with Crippen LogP contribution in [-0.2, 0) is 4.79 Å². The summed E-state index contributed by atoms with van der Waals surface area (Å²) in [6.07, 6.45) is 1.55. The number of carbonyl (C=O) groups is 1. The molecule has 6 nitrogen and oxygen atoms in total. The van der Waals surface area contributed by atoms with Gasteiger partial charge in [0.2, 0.25) is 5.91 Å². The smallest absolute Gasteiger partial charge is 0.266 e. The summed E-state index contributed by atoms with van der Waals surface area (Å²) in [5.41, 5.74) is 3.65. The van der Waals surface area contributed by atoms with Gasteiger partial charge in [0, 0.05) is 6.20 Å². The van der Waals surface area contributed by atoms with Gasteiger partial charge < -0.3 is 5.32 Å². The minimum absolute atomic E-state index is 0.0565. The monoisotopic (exact) mass is 450 g/mol. The van der Waals surface area contributed by atoms with Crippen LogP contribution in [0.3, 0.4) is 0 Å². The van der Waals surface area contributed by atoms with Crippen molar-refractivity contribution in [3.8, 4) is 5.69 Å². The maximum atomic E-state index is 13.4. The maximum Gasteiger partial charge on any atom is 0.266 e. The van der Waals surface area contributed by atoms with Gasteiger partial charge in [0.05, 0.1) is 28.0 Å². The third kappa shape index (κ3) is 4.47. The van der Waals surface area contributed by atoms with Gasteiger partial charge in [0.25, 0.3) is 5.56 Å². The van der Waals surface area contributed by atoms with Gasteiger partial charge in [-0.3, -0.25) is 14.2 Å². The van der Waals surface area contributed by atoms with Gasteiger partial charge in [-0.05, 0) is 49.7 Å². The summed E-state index contributed by atoms with van der Waals surface area (Å²) in [5, 5.41) is 3.93. The lowest BCUT2D eigenvalue weighted by Crippen LogP contribution is -2.23. The quantitative estimate of drug-likeness (QED) is 0.269. The van der Waals surface area contributed by atoms with E-state index in [0.717, 1.165) is 16.8 Å². The normalized spacial score (nSPS) is 10.9. The third-order valence-corrected chi connectivity index (χ3v) is 5.94. The number of hydrogen-bond donors (Lipinski definition) is 1. The van der Waals surface area contributed by atoms with Crippen molar-refractivity contribution in [2.24, 2.45) is 0 Å². The zero-order valence-electron chi connectivity index (χ0n) is 16.9. The first-order valence-electron chi connectivity index (χ1n) is 9.56. The van der Waals surface area contributed by atoms with Crippen LogP contribution in [0.25, 0.3) is 16.6 Å². The van der Waals surface area contributed by atoms with Crippen molar-refractivity contribution in [3.05, 3.63) is 87.4 Å². The van der Waals surface area contributed by atoms with Gasteiger partial charge in [0.15, 0.2) is 10.3 Å². The molecule has 0 radical (unpaired) electrons. The Kier molecular flexibility index (Phi) is 6.06. The minimum Gasteiger partial charge on any atom is -0.323 e. The molecule has 31 heavy (non-hydrogen) atoms. The highest BCUT2D eigenvalue weighted by Gasteiger charge is 2.16. The molecule has 0 atom stereocenters. The maximum absolute atomic E-state index is 13.4. The highest BCUT2D eigenvalue weighted by Crippen LogP contribution is 2.24. The number of fused-ring (bicyclic) bond motifs is 1. The molecule has 4 rings (SSSR count). The van der Waals surface area contributed by atoms with Gasteiger partial charge in [-0.25, -0.2) is 9.97 Å². The number of carbonyl (C=O) groups excluding carboxylic acids is 1. The molecule has 0 bridgehead atoms. The van der Waals surface area contributed by atoms with E-state index in [9.17, 15) is 9.59 Å². The van der Waals surface area contributed by atoms with Crippen molar-refractivity contribution >= 4 is 45.9 Å². The molecule has 2 heterocycles. The molecule has 1 N–H and O–H groups in total. The fourth-order valence-electron chi connectivity index (χ4n) is 3.27. The Labute approximate surface area is 188 Å². The molecular weight excluding hydrogens is 432 g/mol. The largest absolute Gasteiger partial charge is 0.323 e. The van der Waals surface area contributed by atoms with E-state index in [1.54, 1.807) is 35.0 Å². The predicted octanol–water partition coefficient (Wildman–Crippen LogP) is 4.78. The standard InChI is InChI=1S/C23H19ClN4O2S/c1-14-9-10-19(15(2)12-14)28-22(30)16-6-3-4-7-17(16)27-23(28)31-13-20(29)26-18-8-5-11-25-21(18)24/h3-12H,13H2,1-2H3,(H,26,29). The van der Waals surface area contributed by atoms with Gasteiger partial charge in [-0.2, -0.15) is 0 Å². The van der Waals surface area contributed by atoms with Crippen LogP contribution in [-0.4, -0.2) is 26.2 Å². The SMILES string of the molecule is Cc1ccc(-n2c(SCC(=O)Nc3cccnc3Cl)nc3ccccc3c2=O)c(C)c1. The van der Waals surface area contributed by atoms with Gasteiger partial charge in [-0.15, -0.1) is 0 Å². The highest BCUT2D eigenvalue weighted by molar-refractivity contribution is 7.99. The number of halogens is 1. The number of pyridine rings is 1. The molecule has 2 aromatic heterocycles. The first-order chi connectivity index (χ1) is 14.9. The molecule has 1 amide bonds. The number of nitrogens with one attached hydrogen (secondary N) is 1. The number of rotatable bonds is 5. The number of aryl methyl sites for hydroxylation is 2. The Morgan fingerprint density at radius 3 is 2.71 bits per heavy atom. The second-order valence-corrected chi connectivity index (χ2v) is 8.32. The van der Waals surface area contributed by atoms with Gasteiger partial charge in [0.1, 0.15) is 0 Å². The minimum atomic E-state index is -0.269. The predicted molar refractivity (Wildman–Crippen MR) is 125 cm³/mol. The van der Waals surface area contributed by atoms with E-state index in [2.05, 4.69) is 15.3 Å². The second-order valence-electron chi connectivity index (χ2n) is 7.02. The molecule has 0 aliphatic carbocycles. The summed E-state index contributed by atoms with van der Waals surface area (Å²) in [6.45, 7) is 3.96. The Morgan fingerprint density at radius 1 is 1.13 bits per heavy atom. The van der Waals surface area contributed by atoms with Crippen LogP contribution < -0.4 is 10.9 Å². The lowest BCUT2D eigenvalue weighted by molar-refractivity contribution is -0.113. The molecule has 0 aliphatic rings. The van der Waals surface area contributed by atoms with E-state index < -0.39 is 0 Å². The molecule has 0 aliphatic heterocycles. The summed E-state index contributed by atoms with van der Waals surface area (Å²) in [4.78, 5) is 34.5. The lowest BCUT2D eigenvalue weighted by atomic mass is 10.1. The van der Waals surface area contributed by atoms with E-state index in [1.807, 2.05) is 44.2 Å². The molecule has 0 spiro atoms. The van der Waals surface area contributed by atoms with Crippen LogP contribution in [0.15, 0.2) is 70.7 Å². The van der Waals surface area contributed by atoms with Crippen LogP contribution in [0.2, 0.25) is 5.15 Å². The second kappa shape index (κ2) is 8.91. The first kappa shape index (κ1) is 21.1. The number of anilines is 1. The van der Waals surface area contributed by atoms with Crippen molar-refractivity contribution in [2.45, 2.75) is 19.0 Å². The van der Waals surface area contributed by atoms with Crippen LogP contribution in [0.5, 0.6) is 0 Å². The first-order valence-corrected chi connectivity index (χ1v) is 10.9. The Hall–Kier alpha value is -3.16. The Balaban J connectivity index is 1.72. The molecule has 156 valence electrons. The van der Waals surface area contributed by atoms with Crippen molar-refractivity contribution in [3.63, 3.8) is 0 Å². The molecule has 0 unspecified atom stereocenters. The summed E-state index contributed by atoms with van der Waals surface area (Å²) in [6, 6.07) is 16.4. The summed E-state index contributed by atoms with van der Waals surface area (Å²) >= 11 is 7.21. The average Bonchev–Trinajstić information content (AvgIpc) is 2.75. The summed E-state index contributed by atoms with van der Waals surface area (Å²) in [7, 11) is 0. The van der Waals surface area contributed by atoms with Crippen molar-refractivity contribution in [1.82, 2.24) is 14.5 Å².